The molecule has 0 radical (unpaired) electrons. The van der Waals surface area contributed by atoms with Gasteiger partial charge in [0.2, 0.25) is 0 Å². The van der Waals surface area contributed by atoms with E-state index in [0.717, 1.165) is 6.54 Å². The second kappa shape index (κ2) is 8.15. The van der Waals surface area contributed by atoms with E-state index < -0.39 is 0 Å². The van der Waals surface area contributed by atoms with Gasteiger partial charge in [0.15, 0.2) is 0 Å². The van der Waals surface area contributed by atoms with Gasteiger partial charge < -0.3 is 5.73 Å². The second-order valence-corrected chi connectivity index (χ2v) is 5.86. The molecule has 2 N–H and O–H groups in total. The van der Waals surface area contributed by atoms with E-state index in [9.17, 15) is 0 Å². The van der Waals surface area contributed by atoms with Crippen molar-refractivity contribution in [3.05, 3.63) is 0 Å². The van der Waals surface area contributed by atoms with Crippen molar-refractivity contribution >= 4 is 0 Å². The Morgan fingerprint density at radius 1 is 0.933 bits per heavy atom. The SMILES string of the molecule is CCCCCCCCC(CN)C(C)(C)C. The zero-order valence-electron chi connectivity index (χ0n) is 11.3. The van der Waals surface area contributed by atoms with E-state index in [2.05, 4.69) is 27.7 Å². The molecule has 0 aromatic rings. The maximum absolute atomic E-state index is 5.82. The van der Waals surface area contributed by atoms with Gasteiger partial charge in [-0.3, -0.25) is 0 Å². The highest BCUT2D eigenvalue weighted by molar-refractivity contribution is 4.74. The van der Waals surface area contributed by atoms with E-state index >= 15 is 0 Å². The average molecular weight is 213 g/mol. The zero-order chi connectivity index (χ0) is 11.7. The van der Waals surface area contributed by atoms with Crippen molar-refractivity contribution in [3.63, 3.8) is 0 Å². The molecule has 0 aromatic carbocycles. The molecule has 0 saturated heterocycles. The average Bonchev–Trinajstić information content (AvgIpc) is 2.15. The molecule has 0 aliphatic carbocycles. The quantitative estimate of drug-likeness (QED) is 0.596. The lowest BCUT2D eigenvalue weighted by Crippen LogP contribution is -2.27. The molecule has 1 unspecified atom stereocenters. The highest BCUT2D eigenvalue weighted by Crippen LogP contribution is 2.29. The van der Waals surface area contributed by atoms with Crippen LogP contribution >= 0.6 is 0 Å². The van der Waals surface area contributed by atoms with Crippen LogP contribution in [0.5, 0.6) is 0 Å². The third-order valence-electron chi connectivity index (χ3n) is 3.42. The molecular weight excluding hydrogens is 182 g/mol. The summed E-state index contributed by atoms with van der Waals surface area (Å²) in [5.41, 5.74) is 6.21. The Balaban J connectivity index is 3.48. The Labute approximate surface area is 96.8 Å². The van der Waals surface area contributed by atoms with Crippen LogP contribution in [0, 0.1) is 11.3 Å². The number of nitrogens with two attached hydrogens (primary N) is 1. The number of hydrogen-bond acceptors (Lipinski definition) is 1. The van der Waals surface area contributed by atoms with Crippen molar-refractivity contribution in [2.45, 2.75) is 72.6 Å². The summed E-state index contributed by atoms with van der Waals surface area (Å²) in [5, 5.41) is 0. The summed E-state index contributed by atoms with van der Waals surface area (Å²) in [6, 6.07) is 0. The molecule has 1 heteroatoms. The lowest BCUT2D eigenvalue weighted by Gasteiger charge is -2.29. The van der Waals surface area contributed by atoms with Crippen LogP contribution in [0.3, 0.4) is 0 Å². The highest BCUT2D eigenvalue weighted by Gasteiger charge is 2.22. The largest absolute Gasteiger partial charge is 0.330 e. The van der Waals surface area contributed by atoms with Crippen LogP contribution in [0.25, 0.3) is 0 Å². The molecule has 92 valence electrons. The van der Waals surface area contributed by atoms with Gasteiger partial charge in [-0.25, -0.2) is 0 Å². The number of rotatable bonds is 8. The fraction of sp³-hybridized carbons (Fsp3) is 1.00. The van der Waals surface area contributed by atoms with E-state index in [1.807, 2.05) is 0 Å². The van der Waals surface area contributed by atoms with Gasteiger partial charge in [-0.15, -0.1) is 0 Å². The number of hydrogen-bond donors (Lipinski definition) is 1. The zero-order valence-corrected chi connectivity index (χ0v) is 11.3. The van der Waals surface area contributed by atoms with Crippen molar-refractivity contribution < 1.29 is 0 Å². The third-order valence-corrected chi connectivity index (χ3v) is 3.42. The summed E-state index contributed by atoms with van der Waals surface area (Å²) >= 11 is 0. The van der Waals surface area contributed by atoms with Gasteiger partial charge in [0.25, 0.3) is 0 Å². The van der Waals surface area contributed by atoms with Gasteiger partial charge in [-0.1, -0.05) is 66.2 Å². The van der Waals surface area contributed by atoms with Crippen molar-refractivity contribution in [1.82, 2.24) is 0 Å². The van der Waals surface area contributed by atoms with Crippen LogP contribution in [0.2, 0.25) is 0 Å². The van der Waals surface area contributed by atoms with Crippen LogP contribution in [-0.4, -0.2) is 6.54 Å². The summed E-state index contributed by atoms with van der Waals surface area (Å²) in [6.07, 6.45) is 9.64. The normalized spacial score (nSPS) is 14.2. The maximum Gasteiger partial charge on any atom is -0.00439 e. The molecule has 0 saturated carbocycles. The van der Waals surface area contributed by atoms with Gasteiger partial charge >= 0.3 is 0 Å². The molecule has 15 heavy (non-hydrogen) atoms. The van der Waals surface area contributed by atoms with E-state index in [4.69, 9.17) is 5.73 Å². The first-order chi connectivity index (χ1) is 7.02. The minimum Gasteiger partial charge on any atom is -0.330 e. The summed E-state index contributed by atoms with van der Waals surface area (Å²) in [5.74, 6) is 0.698. The van der Waals surface area contributed by atoms with Crippen LogP contribution in [0.4, 0.5) is 0 Å². The molecule has 0 fully saturated rings. The molecule has 0 aliphatic rings. The first-order valence-corrected chi connectivity index (χ1v) is 6.72. The Bertz CT molecular complexity index is 135. The molecule has 0 amide bonds. The fourth-order valence-electron chi connectivity index (χ4n) is 2.08. The van der Waals surface area contributed by atoms with Crippen LogP contribution in [0.15, 0.2) is 0 Å². The molecular formula is C14H31N. The van der Waals surface area contributed by atoms with Gasteiger partial charge in [0.05, 0.1) is 0 Å². The second-order valence-electron chi connectivity index (χ2n) is 5.86. The van der Waals surface area contributed by atoms with Gasteiger partial charge in [-0.05, 0) is 24.3 Å². The van der Waals surface area contributed by atoms with E-state index in [1.54, 1.807) is 0 Å². The van der Waals surface area contributed by atoms with E-state index in [0.29, 0.717) is 11.3 Å². The maximum atomic E-state index is 5.82. The predicted octanol–water partition coefficient (Wildman–Crippen LogP) is 4.36. The predicted molar refractivity (Wildman–Crippen MR) is 70.0 cm³/mol. The standard InChI is InChI=1S/C14H31N/c1-5-6-7-8-9-10-11-13(12-15)14(2,3)4/h13H,5-12,15H2,1-4H3. The Kier molecular flexibility index (Phi) is 8.13. The molecule has 0 bridgehead atoms. The highest BCUT2D eigenvalue weighted by atomic mass is 14.6. The smallest absolute Gasteiger partial charge is 0.00439 e. The Hall–Kier alpha value is -0.0400. The fourth-order valence-corrected chi connectivity index (χ4v) is 2.08. The van der Waals surface area contributed by atoms with E-state index in [-0.39, 0.29) is 0 Å². The summed E-state index contributed by atoms with van der Waals surface area (Å²) in [6.45, 7) is 10.0. The summed E-state index contributed by atoms with van der Waals surface area (Å²) in [4.78, 5) is 0. The molecule has 0 aromatic heterocycles. The van der Waals surface area contributed by atoms with Crippen LogP contribution in [0.1, 0.15) is 72.6 Å². The Morgan fingerprint density at radius 2 is 1.47 bits per heavy atom. The lowest BCUT2D eigenvalue weighted by molar-refractivity contribution is 0.227. The van der Waals surface area contributed by atoms with Crippen LogP contribution < -0.4 is 5.73 Å². The molecule has 0 heterocycles. The van der Waals surface area contributed by atoms with Gasteiger partial charge in [-0.2, -0.15) is 0 Å². The lowest BCUT2D eigenvalue weighted by atomic mass is 9.78. The summed E-state index contributed by atoms with van der Waals surface area (Å²) < 4.78 is 0. The van der Waals surface area contributed by atoms with Crippen molar-refractivity contribution in [1.29, 1.82) is 0 Å². The van der Waals surface area contributed by atoms with Crippen molar-refractivity contribution in [2.75, 3.05) is 6.54 Å². The van der Waals surface area contributed by atoms with Gasteiger partial charge in [0, 0.05) is 0 Å². The summed E-state index contributed by atoms with van der Waals surface area (Å²) in [7, 11) is 0. The molecule has 0 aliphatic heterocycles. The first-order valence-electron chi connectivity index (χ1n) is 6.72. The topological polar surface area (TPSA) is 26.0 Å². The first kappa shape index (κ1) is 15.0. The number of unbranched alkanes of at least 4 members (excludes halogenated alkanes) is 5. The Morgan fingerprint density at radius 3 is 1.93 bits per heavy atom. The van der Waals surface area contributed by atoms with Crippen molar-refractivity contribution in [2.24, 2.45) is 17.1 Å². The van der Waals surface area contributed by atoms with E-state index in [1.165, 1.54) is 44.9 Å². The monoisotopic (exact) mass is 213 g/mol. The molecule has 1 atom stereocenters. The minimum atomic E-state index is 0.387. The third kappa shape index (κ3) is 7.84. The molecule has 0 rings (SSSR count). The van der Waals surface area contributed by atoms with Crippen molar-refractivity contribution in [3.8, 4) is 0 Å². The molecule has 0 spiro atoms. The van der Waals surface area contributed by atoms with Crippen LogP contribution in [-0.2, 0) is 0 Å². The van der Waals surface area contributed by atoms with Gasteiger partial charge in [0.1, 0.15) is 0 Å². The minimum absolute atomic E-state index is 0.387. The molecule has 1 nitrogen and oxygen atoms in total.